The largest absolute Gasteiger partial charge is 0.325 e. The van der Waals surface area contributed by atoms with Gasteiger partial charge in [0.2, 0.25) is 11.1 Å². The zero-order chi connectivity index (χ0) is 17.6. The molecule has 25 heavy (non-hydrogen) atoms. The number of anilines is 1. The summed E-state index contributed by atoms with van der Waals surface area (Å²) < 4.78 is 0. The van der Waals surface area contributed by atoms with Crippen molar-refractivity contribution in [2.24, 2.45) is 0 Å². The summed E-state index contributed by atoms with van der Waals surface area (Å²) in [6.07, 6.45) is 0. The van der Waals surface area contributed by atoms with Crippen LogP contribution >= 0.6 is 11.8 Å². The van der Waals surface area contributed by atoms with E-state index in [1.165, 1.54) is 11.8 Å². The molecule has 2 N–H and O–H groups in total. The number of amides is 1. The first-order valence-corrected chi connectivity index (χ1v) is 9.01. The lowest BCUT2D eigenvalue weighted by Gasteiger charge is -2.15. The van der Waals surface area contributed by atoms with E-state index < -0.39 is 5.25 Å². The van der Waals surface area contributed by atoms with E-state index >= 15 is 0 Å². The molecule has 0 saturated carbocycles. The summed E-state index contributed by atoms with van der Waals surface area (Å²) in [5.41, 5.74) is 1.68. The Bertz CT molecular complexity index is 818. The first-order valence-electron chi connectivity index (χ1n) is 8.13. The van der Waals surface area contributed by atoms with Gasteiger partial charge in [-0.2, -0.15) is 0 Å². The van der Waals surface area contributed by atoms with Crippen molar-refractivity contribution in [3.63, 3.8) is 0 Å². The molecule has 3 rings (SSSR count). The fourth-order valence-electron chi connectivity index (χ4n) is 2.30. The average molecular weight is 352 g/mol. The van der Waals surface area contributed by atoms with Crippen LogP contribution in [0.25, 0.3) is 0 Å². The van der Waals surface area contributed by atoms with Crippen LogP contribution in [0.5, 0.6) is 0 Å². The number of nitrogens with zero attached hydrogens (tertiary/aromatic N) is 2. The molecule has 2 aromatic carbocycles. The van der Waals surface area contributed by atoms with Gasteiger partial charge in [0.05, 0.1) is 0 Å². The summed E-state index contributed by atoms with van der Waals surface area (Å²) in [6.45, 7) is 4.09. The minimum atomic E-state index is -0.433. The quantitative estimate of drug-likeness (QED) is 0.645. The van der Waals surface area contributed by atoms with Gasteiger partial charge in [-0.3, -0.25) is 9.89 Å². The molecule has 0 saturated heterocycles. The Morgan fingerprint density at radius 3 is 2.28 bits per heavy atom. The second-order valence-electron chi connectivity index (χ2n) is 5.92. The van der Waals surface area contributed by atoms with E-state index in [0.29, 0.717) is 5.16 Å². The number of carbonyl (C=O) groups is 1. The van der Waals surface area contributed by atoms with Gasteiger partial charge in [-0.25, -0.2) is 4.98 Å². The number of hydrogen-bond donors (Lipinski definition) is 2. The molecule has 0 bridgehead atoms. The molecule has 0 radical (unpaired) electrons. The monoisotopic (exact) mass is 352 g/mol. The third-order valence-corrected chi connectivity index (χ3v) is 4.75. The molecule has 0 aliphatic heterocycles. The second kappa shape index (κ2) is 7.98. The lowest BCUT2D eigenvalue weighted by Crippen LogP contribution is -2.19. The molecule has 1 atom stereocenters. The minimum Gasteiger partial charge on any atom is -0.325 e. The maximum Gasteiger partial charge on any atom is 0.242 e. The Morgan fingerprint density at radius 1 is 1.04 bits per heavy atom. The Kier molecular flexibility index (Phi) is 5.50. The van der Waals surface area contributed by atoms with Gasteiger partial charge >= 0.3 is 0 Å². The van der Waals surface area contributed by atoms with Gasteiger partial charge in [0.1, 0.15) is 11.1 Å². The molecule has 1 aromatic heterocycles. The van der Waals surface area contributed by atoms with Crippen molar-refractivity contribution in [1.29, 1.82) is 0 Å². The number of nitrogens with one attached hydrogen (secondary N) is 2. The minimum absolute atomic E-state index is 0.0988. The van der Waals surface area contributed by atoms with Crippen molar-refractivity contribution in [2.75, 3.05) is 5.32 Å². The highest BCUT2D eigenvalue weighted by Crippen LogP contribution is 2.34. The molecule has 128 valence electrons. The van der Waals surface area contributed by atoms with Crippen LogP contribution in [0.2, 0.25) is 0 Å². The van der Waals surface area contributed by atoms with Gasteiger partial charge in [-0.15, -0.1) is 5.10 Å². The van der Waals surface area contributed by atoms with E-state index in [0.717, 1.165) is 17.1 Å². The van der Waals surface area contributed by atoms with Gasteiger partial charge < -0.3 is 5.32 Å². The van der Waals surface area contributed by atoms with Crippen molar-refractivity contribution in [3.05, 3.63) is 72.1 Å². The van der Waals surface area contributed by atoms with Crippen LogP contribution in [0, 0.1) is 0 Å². The van der Waals surface area contributed by atoms with E-state index in [1.807, 2.05) is 74.5 Å². The number of H-pyrrole nitrogens is 1. The first kappa shape index (κ1) is 17.2. The van der Waals surface area contributed by atoms with E-state index in [-0.39, 0.29) is 11.8 Å². The maximum absolute atomic E-state index is 12.9. The topological polar surface area (TPSA) is 70.7 Å². The number of benzene rings is 2. The summed E-state index contributed by atoms with van der Waals surface area (Å²) in [7, 11) is 0. The van der Waals surface area contributed by atoms with Gasteiger partial charge in [0.25, 0.3) is 0 Å². The summed E-state index contributed by atoms with van der Waals surface area (Å²) in [5, 5.41) is 10.3. The molecule has 1 amide bonds. The predicted molar refractivity (Wildman–Crippen MR) is 101 cm³/mol. The SMILES string of the molecule is CC(C)c1nc(S[C@H](C(=O)Nc2ccccc2)c2ccccc2)n[nH]1. The third kappa shape index (κ3) is 4.48. The molecule has 6 heteroatoms. The van der Waals surface area contributed by atoms with E-state index in [2.05, 4.69) is 20.5 Å². The Morgan fingerprint density at radius 2 is 1.68 bits per heavy atom. The molecule has 0 spiro atoms. The molecule has 0 aliphatic carbocycles. The van der Waals surface area contributed by atoms with Gasteiger partial charge in [0, 0.05) is 11.6 Å². The fourth-order valence-corrected chi connectivity index (χ4v) is 3.22. The summed E-state index contributed by atoms with van der Waals surface area (Å²) in [4.78, 5) is 17.3. The van der Waals surface area contributed by atoms with Gasteiger partial charge in [-0.1, -0.05) is 74.1 Å². The summed E-state index contributed by atoms with van der Waals surface area (Å²) >= 11 is 1.34. The van der Waals surface area contributed by atoms with Crippen LogP contribution in [-0.4, -0.2) is 21.1 Å². The number of rotatable bonds is 6. The highest BCUT2D eigenvalue weighted by Gasteiger charge is 2.24. The number of carbonyl (C=O) groups excluding carboxylic acids is 1. The molecule has 5 nitrogen and oxygen atoms in total. The summed E-state index contributed by atoms with van der Waals surface area (Å²) in [6, 6.07) is 19.1. The molecular formula is C19H20N4OS. The summed E-state index contributed by atoms with van der Waals surface area (Å²) in [5.74, 6) is 0.978. The van der Waals surface area contributed by atoms with Crippen LogP contribution in [0.3, 0.4) is 0 Å². The van der Waals surface area contributed by atoms with E-state index in [1.54, 1.807) is 0 Å². The highest BCUT2D eigenvalue weighted by atomic mass is 32.2. The van der Waals surface area contributed by atoms with Crippen LogP contribution in [0.15, 0.2) is 65.8 Å². The Labute approximate surface area is 151 Å². The number of aromatic amines is 1. The van der Waals surface area contributed by atoms with E-state index in [9.17, 15) is 4.79 Å². The van der Waals surface area contributed by atoms with Crippen molar-refractivity contribution in [2.45, 2.75) is 30.2 Å². The van der Waals surface area contributed by atoms with Crippen molar-refractivity contribution in [1.82, 2.24) is 15.2 Å². The fraction of sp³-hybridized carbons (Fsp3) is 0.211. The van der Waals surface area contributed by atoms with Crippen molar-refractivity contribution >= 4 is 23.4 Å². The maximum atomic E-state index is 12.9. The second-order valence-corrected chi connectivity index (χ2v) is 6.99. The Hall–Kier alpha value is -2.60. The van der Waals surface area contributed by atoms with E-state index in [4.69, 9.17) is 0 Å². The predicted octanol–water partition coefficient (Wildman–Crippen LogP) is 4.40. The normalized spacial score (nSPS) is 12.1. The van der Waals surface area contributed by atoms with Crippen LogP contribution in [0.4, 0.5) is 5.69 Å². The van der Waals surface area contributed by atoms with Crippen molar-refractivity contribution in [3.8, 4) is 0 Å². The zero-order valence-corrected chi connectivity index (χ0v) is 15.0. The number of thioether (sulfide) groups is 1. The number of para-hydroxylation sites is 1. The van der Waals surface area contributed by atoms with Gasteiger partial charge in [-0.05, 0) is 17.7 Å². The van der Waals surface area contributed by atoms with Crippen LogP contribution < -0.4 is 5.32 Å². The van der Waals surface area contributed by atoms with Gasteiger partial charge in [0.15, 0.2) is 0 Å². The number of hydrogen-bond acceptors (Lipinski definition) is 4. The Balaban J connectivity index is 1.83. The smallest absolute Gasteiger partial charge is 0.242 e. The molecule has 3 aromatic rings. The lowest BCUT2D eigenvalue weighted by molar-refractivity contribution is -0.115. The molecule has 0 unspecified atom stereocenters. The molecule has 0 aliphatic rings. The van der Waals surface area contributed by atoms with Crippen molar-refractivity contribution < 1.29 is 4.79 Å². The standard InChI is InChI=1S/C19H20N4OS/c1-13(2)17-21-19(23-22-17)25-16(14-9-5-3-6-10-14)18(24)20-15-11-7-4-8-12-15/h3-13,16H,1-2H3,(H,20,24)(H,21,22,23)/t16-/m0/s1. The molecular weight excluding hydrogens is 332 g/mol. The molecule has 1 heterocycles. The third-order valence-electron chi connectivity index (χ3n) is 3.63. The lowest BCUT2D eigenvalue weighted by atomic mass is 10.1. The molecule has 0 fully saturated rings. The van der Waals surface area contributed by atoms with Crippen LogP contribution in [0.1, 0.15) is 36.4 Å². The highest BCUT2D eigenvalue weighted by molar-refractivity contribution is 8.00. The average Bonchev–Trinajstić information content (AvgIpc) is 3.10. The van der Waals surface area contributed by atoms with Crippen LogP contribution in [-0.2, 0) is 4.79 Å². The number of aromatic nitrogens is 3. The first-order chi connectivity index (χ1) is 12.1. The zero-order valence-electron chi connectivity index (χ0n) is 14.1.